The Morgan fingerprint density at radius 1 is 1.19 bits per heavy atom. The molecule has 0 saturated carbocycles. The summed E-state index contributed by atoms with van der Waals surface area (Å²) < 4.78 is 10.5. The molecule has 1 rings (SSSR count). The molecule has 0 aromatic heterocycles. The zero-order valence-electron chi connectivity index (χ0n) is 13.9. The largest absolute Gasteiger partial charge is 0.497 e. The van der Waals surface area contributed by atoms with Gasteiger partial charge in [0.15, 0.2) is 0 Å². The monoisotopic (exact) mass is 293 g/mol. The van der Waals surface area contributed by atoms with Gasteiger partial charge in [0.2, 0.25) is 0 Å². The van der Waals surface area contributed by atoms with Crippen molar-refractivity contribution in [3.8, 4) is 5.75 Å². The summed E-state index contributed by atoms with van der Waals surface area (Å²) in [4.78, 5) is 12.0. The quantitative estimate of drug-likeness (QED) is 0.819. The van der Waals surface area contributed by atoms with Crippen LogP contribution < -0.4 is 10.1 Å². The van der Waals surface area contributed by atoms with Gasteiger partial charge in [-0.2, -0.15) is 0 Å². The van der Waals surface area contributed by atoms with Crippen molar-refractivity contribution in [2.45, 2.75) is 52.8 Å². The maximum Gasteiger partial charge on any atom is 0.310 e. The summed E-state index contributed by atoms with van der Waals surface area (Å²) in [6.45, 7) is 10.2. The first-order valence-corrected chi connectivity index (χ1v) is 7.32. The first kappa shape index (κ1) is 17.5. The second-order valence-corrected chi connectivity index (χ2v) is 6.34. The second-order valence-electron chi connectivity index (χ2n) is 6.34. The highest BCUT2D eigenvalue weighted by Gasteiger charge is 2.25. The fraction of sp³-hybridized carbons (Fsp3) is 0.588. The Morgan fingerprint density at radius 2 is 1.76 bits per heavy atom. The minimum atomic E-state index is -0.443. The SMILES string of the molecule is COc1ccc(CNC(C)C(C)C(=O)OC(C)(C)C)cc1. The van der Waals surface area contributed by atoms with Gasteiger partial charge in [-0.25, -0.2) is 0 Å². The molecule has 0 spiro atoms. The molecule has 0 saturated heterocycles. The van der Waals surface area contributed by atoms with E-state index in [2.05, 4.69) is 5.32 Å². The Bertz CT molecular complexity index is 448. The lowest BCUT2D eigenvalue weighted by atomic mass is 10.0. The van der Waals surface area contributed by atoms with Gasteiger partial charge in [0.05, 0.1) is 13.0 Å². The van der Waals surface area contributed by atoms with Gasteiger partial charge in [-0.3, -0.25) is 4.79 Å². The molecular weight excluding hydrogens is 266 g/mol. The van der Waals surface area contributed by atoms with Crippen LogP contribution in [0, 0.1) is 5.92 Å². The maximum absolute atomic E-state index is 12.0. The molecule has 0 aliphatic rings. The minimum absolute atomic E-state index is 0.0435. The molecule has 118 valence electrons. The van der Waals surface area contributed by atoms with Crippen molar-refractivity contribution >= 4 is 5.97 Å². The summed E-state index contributed by atoms with van der Waals surface area (Å²) in [5.74, 6) is 0.480. The third-order valence-electron chi connectivity index (χ3n) is 3.32. The van der Waals surface area contributed by atoms with E-state index < -0.39 is 5.60 Å². The van der Waals surface area contributed by atoms with Crippen LogP contribution in [0.1, 0.15) is 40.2 Å². The Labute approximate surface area is 127 Å². The summed E-state index contributed by atoms with van der Waals surface area (Å²) in [7, 11) is 1.65. The number of nitrogens with one attached hydrogen (secondary N) is 1. The number of carbonyl (C=O) groups excluding carboxylic acids is 1. The number of rotatable bonds is 6. The van der Waals surface area contributed by atoms with E-state index in [0.717, 1.165) is 11.3 Å². The molecule has 1 aromatic carbocycles. The van der Waals surface area contributed by atoms with Crippen LogP contribution in [0.15, 0.2) is 24.3 Å². The molecule has 2 unspecified atom stereocenters. The smallest absolute Gasteiger partial charge is 0.310 e. The lowest BCUT2D eigenvalue weighted by molar-refractivity contribution is -0.160. The van der Waals surface area contributed by atoms with E-state index in [1.165, 1.54) is 0 Å². The zero-order chi connectivity index (χ0) is 16.0. The van der Waals surface area contributed by atoms with Crippen molar-refractivity contribution in [3.63, 3.8) is 0 Å². The van der Waals surface area contributed by atoms with Crippen LogP contribution in [0.4, 0.5) is 0 Å². The standard InChI is InChI=1S/C17H27NO3/c1-12(16(19)21-17(3,4)5)13(2)18-11-14-7-9-15(20-6)10-8-14/h7-10,12-13,18H,11H2,1-6H3. The van der Waals surface area contributed by atoms with Gasteiger partial charge in [-0.1, -0.05) is 19.1 Å². The fourth-order valence-corrected chi connectivity index (χ4v) is 1.80. The fourth-order valence-electron chi connectivity index (χ4n) is 1.80. The number of benzene rings is 1. The number of esters is 1. The molecule has 0 bridgehead atoms. The first-order chi connectivity index (χ1) is 9.73. The molecule has 0 fully saturated rings. The molecule has 2 atom stereocenters. The Kier molecular flexibility index (Phi) is 6.21. The molecule has 0 aliphatic carbocycles. The number of hydrogen-bond donors (Lipinski definition) is 1. The zero-order valence-corrected chi connectivity index (χ0v) is 13.9. The van der Waals surface area contributed by atoms with Crippen LogP contribution in [0.5, 0.6) is 5.75 Å². The molecule has 4 heteroatoms. The predicted octanol–water partition coefficient (Wildman–Crippen LogP) is 3.15. The summed E-state index contributed by atoms with van der Waals surface area (Å²) in [5, 5.41) is 3.36. The van der Waals surface area contributed by atoms with Crippen molar-refractivity contribution in [3.05, 3.63) is 29.8 Å². The summed E-state index contributed by atoms with van der Waals surface area (Å²) in [5.41, 5.74) is 0.708. The Morgan fingerprint density at radius 3 is 2.24 bits per heavy atom. The minimum Gasteiger partial charge on any atom is -0.497 e. The Balaban J connectivity index is 2.48. The summed E-state index contributed by atoms with van der Waals surface area (Å²) in [6.07, 6.45) is 0. The third-order valence-corrected chi connectivity index (χ3v) is 3.32. The van der Waals surface area contributed by atoms with Gasteiger partial charge < -0.3 is 14.8 Å². The van der Waals surface area contributed by atoms with Crippen LogP contribution in [-0.4, -0.2) is 24.7 Å². The molecule has 1 aromatic rings. The summed E-state index contributed by atoms with van der Waals surface area (Å²) >= 11 is 0. The number of methoxy groups -OCH3 is 1. The van der Waals surface area contributed by atoms with Gasteiger partial charge in [0.25, 0.3) is 0 Å². The van der Waals surface area contributed by atoms with Crippen LogP contribution >= 0.6 is 0 Å². The van der Waals surface area contributed by atoms with E-state index in [9.17, 15) is 4.79 Å². The van der Waals surface area contributed by atoms with E-state index in [1.54, 1.807) is 7.11 Å². The second kappa shape index (κ2) is 7.46. The van der Waals surface area contributed by atoms with Gasteiger partial charge in [0.1, 0.15) is 11.4 Å². The third kappa shape index (κ3) is 6.17. The van der Waals surface area contributed by atoms with Crippen molar-refractivity contribution in [1.82, 2.24) is 5.32 Å². The van der Waals surface area contributed by atoms with E-state index in [-0.39, 0.29) is 17.9 Å². The lowest BCUT2D eigenvalue weighted by Gasteiger charge is -2.25. The molecule has 1 N–H and O–H groups in total. The average molecular weight is 293 g/mol. The average Bonchev–Trinajstić information content (AvgIpc) is 2.42. The van der Waals surface area contributed by atoms with Crippen molar-refractivity contribution in [2.24, 2.45) is 5.92 Å². The van der Waals surface area contributed by atoms with Gasteiger partial charge in [-0.05, 0) is 45.4 Å². The van der Waals surface area contributed by atoms with Crippen molar-refractivity contribution < 1.29 is 14.3 Å². The van der Waals surface area contributed by atoms with Gasteiger partial charge in [0, 0.05) is 12.6 Å². The van der Waals surface area contributed by atoms with Crippen LogP contribution in [-0.2, 0) is 16.1 Å². The van der Waals surface area contributed by atoms with E-state index in [1.807, 2.05) is 58.9 Å². The summed E-state index contributed by atoms with van der Waals surface area (Å²) in [6, 6.07) is 7.92. The number of carbonyl (C=O) groups is 1. The van der Waals surface area contributed by atoms with Crippen LogP contribution in [0.2, 0.25) is 0 Å². The topological polar surface area (TPSA) is 47.6 Å². The maximum atomic E-state index is 12.0. The molecule has 0 heterocycles. The van der Waals surface area contributed by atoms with Crippen LogP contribution in [0.3, 0.4) is 0 Å². The first-order valence-electron chi connectivity index (χ1n) is 7.32. The molecular formula is C17H27NO3. The van der Waals surface area contributed by atoms with E-state index in [4.69, 9.17) is 9.47 Å². The molecule has 21 heavy (non-hydrogen) atoms. The lowest BCUT2D eigenvalue weighted by Crippen LogP contribution is -2.39. The normalized spacial score (nSPS) is 14.4. The molecule has 0 amide bonds. The number of ether oxygens (including phenoxy) is 2. The highest BCUT2D eigenvalue weighted by atomic mass is 16.6. The van der Waals surface area contributed by atoms with Gasteiger partial charge in [-0.15, -0.1) is 0 Å². The Hall–Kier alpha value is -1.55. The highest BCUT2D eigenvalue weighted by molar-refractivity contribution is 5.73. The van der Waals surface area contributed by atoms with E-state index >= 15 is 0 Å². The molecule has 0 aliphatic heterocycles. The van der Waals surface area contributed by atoms with Crippen molar-refractivity contribution in [1.29, 1.82) is 0 Å². The van der Waals surface area contributed by atoms with Crippen molar-refractivity contribution in [2.75, 3.05) is 7.11 Å². The number of hydrogen-bond acceptors (Lipinski definition) is 4. The highest BCUT2D eigenvalue weighted by Crippen LogP contribution is 2.15. The molecule has 0 radical (unpaired) electrons. The van der Waals surface area contributed by atoms with E-state index in [0.29, 0.717) is 6.54 Å². The molecule has 4 nitrogen and oxygen atoms in total. The van der Waals surface area contributed by atoms with Gasteiger partial charge >= 0.3 is 5.97 Å². The predicted molar refractivity (Wildman–Crippen MR) is 84.3 cm³/mol. The van der Waals surface area contributed by atoms with Crippen LogP contribution in [0.25, 0.3) is 0 Å².